The van der Waals surface area contributed by atoms with Crippen molar-refractivity contribution in [1.29, 1.82) is 5.26 Å². The van der Waals surface area contributed by atoms with Gasteiger partial charge in [-0.3, -0.25) is 4.79 Å². The molecule has 0 aromatic carbocycles. The first kappa shape index (κ1) is 12.4. The topological polar surface area (TPSA) is 69.9 Å². The molecule has 3 rings (SSSR count). The Hall–Kier alpha value is -1.67. The first-order valence-electron chi connectivity index (χ1n) is 6.31. The van der Waals surface area contributed by atoms with Gasteiger partial charge in [-0.1, -0.05) is 0 Å². The maximum Gasteiger partial charge on any atom is 0.225 e. The van der Waals surface area contributed by atoms with Crippen molar-refractivity contribution < 1.29 is 4.79 Å². The predicted molar refractivity (Wildman–Crippen MR) is 69.6 cm³/mol. The smallest absolute Gasteiger partial charge is 0.225 e. The van der Waals surface area contributed by atoms with Crippen molar-refractivity contribution in [3.8, 4) is 6.07 Å². The molecule has 1 saturated carbocycles. The quantitative estimate of drug-likeness (QED) is 0.769. The summed E-state index contributed by atoms with van der Waals surface area (Å²) in [5, 5.41) is 8.66. The van der Waals surface area contributed by atoms with Crippen LogP contribution in [-0.4, -0.2) is 28.3 Å². The molecule has 1 aromatic heterocycles. The van der Waals surface area contributed by atoms with E-state index in [-0.39, 0.29) is 16.6 Å². The zero-order valence-corrected chi connectivity index (χ0v) is 11.1. The van der Waals surface area contributed by atoms with Crippen molar-refractivity contribution in [3.05, 3.63) is 18.1 Å². The average molecular weight is 277 g/mol. The normalized spacial score (nSPS) is 24.0. The molecule has 2 aliphatic rings. The molecular formula is C13H13ClN4O. The molecule has 2 fully saturated rings. The molecule has 1 aliphatic carbocycles. The number of halogens is 1. The zero-order chi connectivity index (χ0) is 13.5. The number of nitrogens with zero attached hydrogens (tertiary/aromatic N) is 4. The summed E-state index contributed by atoms with van der Waals surface area (Å²) in [5.41, 5.74) is 0.403. The summed E-state index contributed by atoms with van der Waals surface area (Å²) >= 11 is 5.70. The molecule has 1 unspecified atom stereocenters. The van der Waals surface area contributed by atoms with Gasteiger partial charge in [0.05, 0.1) is 0 Å². The Balaban J connectivity index is 1.82. The van der Waals surface area contributed by atoms with E-state index in [1.54, 1.807) is 6.07 Å². The molecule has 1 aromatic rings. The highest BCUT2D eigenvalue weighted by molar-refractivity contribution is 6.64. The molecule has 1 aliphatic heterocycles. The number of anilines is 1. The van der Waals surface area contributed by atoms with Crippen LogP contribution in [-0.2, 0) is 4.79 Å². The molecule has 5 nitrogen and oxygen atoms in total. The van der Waals surface area contributed by atoms with E-state index in [4.69, 9.17) is 16.9 Å². The lowest BCUT2D eigenvalue weighted by Crippen LogP contribution is -2.44. The monoisotopic (exact) mass is 276 g/mol. The van der Waals surface area contributed by atoms with Crippen molar-refractivity contribution in [3.63, 3.8) is 0 Å². The van der Waals surface area contributed by atoms with E-state index in [1.807, 2.05) is 6.07 Å². The second-order valence-electron chi connectivity index (χ2n) is 5.30. The Kier molecular flexibility index (Phi) is 2.90. The summed E-state index contributed by atoms with van der Waals surface area (Å²) in [6.07, 6.45) is 4.26. The van der Waals surface area contributed by atoms with E-state index in [0.717, 1.165) is 38.2 Å². The van der Waals surface area contributed by atoms with Crippen LogP contribution in [0.15, 0.2) is 12.4 Å². The Labute approximate surface area is 116 Å². The minimum Gasteiger partial charge on any atom is -0.356 e. The van der Waals surface area contributed by atoms with Gasteiger partial charge in [-0.25, -0.2) is 9.97 Å². The minimum atomic E-state index is -0.211. The molecule has 1 atom stereocenters. The second kappa shape index (κ2) is 4.46. The number of piperidine rings is 1. The van der Waals surface area contributed by atoms with Gasteiger partial charge in [0.15, 0.2) is 0 Å². The fourth-order valence-corrected chi connectivity index (χ4v) is 3.30. The van der Waals surface area contributed by atoms with Crippen LogP contribution in [0.4, 0.5) is 5.82 Å². The largest absolute Gasteiger partial charge is 0.356 e. The van der Waals surface area contributed by atoms with E-state index in [1.165, 1.54) is 6.33 Å². The molecule has 2 heterocycles. The van der Waals surface area contributed by atoms with Crippen LogP contribution in [0.5, 0.6) is 0 Å². The zero-order valence-electron chi connectivity index (χ0n) is 10.3. The van der Waals surface area contributed by atoms with Gasteiger partial charge < -0.3 is 4.90 Å². The van der Waals surface area contributed by atoms with Crippen molar-refractivity contribution in [1.82, 2.24) is 9.97 Å². The number of carbonyl (C=O) groups is 1. The third-order valence-electron chi connectivity index (χ3n) is 4.19. The summed E-state index contributed by atoms with van der Waals surface area (Å²) < 4.78 is 0. The molecule has 0 N–H and O–H groups in total. The van der Waals surface area contributed by atoms with Gasteiger partial charge in [-0.05, 0) is 36.3 Å². The van der Waals surface area contributed by atoms with Gasteiger partial charge in [0.1, 0.15) is 23.9 Å². The number of rotatable bonds is 2. The second-order valence-corrected chi connectivity index (χ2v) is 5.68. The Bertz CT molecular complexity index is 564. The molecule has 0 amide bonds. The Morgan fingerprint density at radius 3 is 2.95 bits per heavy atom. The summed E-state index contributed by atoms with van der Waals surface area (Å²) in [5.74, 6) is 0.737. The third kappa shape index (κ3) is 2.17. The predicted octanol–water partition coefficient (Wildman–Crippen LogP) is 1.72. The summed E-state index contributed by atoms with van der Waals surface area (Å²) in [6, 6.07) is 3.71. The van der Waals surface area contributed by atoms with Gasteiger partial charge in [-0.15, -0.1) is 0 Å². The van der Waals surface area contributed by atoms with Gasteiger partial charge in [0, 0.05) is 25.1 Å². The summed E-state index contributed by atoms with van der Waals surface area (Å²) in [4.78, 5) is 21.7. The van der Waals surface area contributed by atoms with Crippen LogP contribution >= 0.6 is 11.6 Å². The highest BCUT2D eigenvalue weighted by atomic mass is 35.5. The number of aromatic nitrogens is 2. The number of hydrogen-bond donors (Lipinski definition) is 0. The fraction of sp³-hybridized carbons (Fsp3) is 0.538. The van der Waals surface area contributed by atoms with Gasteiger partial charge >= 0.3 is 0 Å². The SMILES string of the molecule is N#Cc1cc(N2CCC(C(=O)Cl)C3(CC3)C2)ncn1. The highest BCUT2D eigenvalue weighted by Gasteiger charge is 2.54. The van der Waals surface area contributed by atoms with Crippen LogP contribution in [0.25, 0.3) is 0 Å². The molecule has 98 valence electrons. The van der Waals surface area contributed by atoms with Crippen molar-refractivity contribution in [2.24, 2.45) is 11.3 Å². The van der Waals surface area contributed by atoms with Crippen LogP contribution in [0, 0.1) is 22.7 Å². The summed E-state index contributed by atoms with van der Waals surface area (Å²) in [7, 11) is 0. The lowest BCUT2D eigenvalue weighted by molar-refractivity contribution is -0.117. The molecule has 1 saturated heterocycles. The van der Waals surface area contributed by atoms with E-state index in [9.17, 15) is 4.79 Å². The van der Waals surface area contributed by atoms with Crippen molar-refractivity contribution in [2.45, 2.75) is 19.3 Å². The average Bonchev–Trinajstić information content (AvgIpc) is 3.18. The Morgan fingerprint density at radius 1 is 1.53 bits per heavy atom. The van der Waals surface area contributed by atoms with Gasteiger partial charge in [0.25, 0.3) is 0 Å². The molecule has 0 bridgehead atoms. The number of hydrogen-bond acceptors (Lipinski definition) is 5. The molecular weight excluding hydrogens is 264 g/mol. The minimum absolute atomic E-state index is 0.0253. The lowest BCUT2D eigenvalue weighted by Gasteiger charge is -2.38. The van der Waals surface area contributed by atoms with E-state index < -0.39 is 0 Å². The maximum atomic E-state index is 11.5. The first-order valence-corrected chi connectivity index (χ1v) is 6.69. The van der Waals surface area contributed by atoms with Gasteiger partial charge in [-0.2, -0.15) is 5.26 Å². The standard InChI is InChI=1S/C13H13ClN4O/c14-12(19)10-1-4-18(7-13(10)2-3-13)11-5-9(6-15)16-8-17-11/h5,8,10H,1-4,7H2. The highest BCUT2D eigenvalue weighted by Crippen LogP contribution is 2.56. The van der Waals surface area contributed by atoms with Gasteiger partial charge in [0.2, 0.25) is 5.24 Å². The molecule has 6 heteroatoms. The van der Waals surface area contributed by atoms with E-state index in [2.05, 4.69) is 14.9 Å². The molecule has 1 spiro atoms. The molecule has 19 heavy (non-hydrogen) atoms. The van der Waals surface area contributed by atoms with Crippen LogP contribution < -0.4 is 4.90 Å². The van der Waals surface area contributed by atoms with Crippen LogP contribution in [0.2, 0.25) is 0 Å². The lowest BCUT2D eigenvalue weighted by atomic mass is 9.83. The summed E-state index contributed by atoms with van der Waals surface area (Å²) in [6.45, 7) is 1.53. The van der Waals surface area contributed by atoms with Crippen molar-refractivity contribution in [2.75, 3.05) is 18.0 Å². The molecule has 0 radical (unpaired) electrons. The maximum absolute atomic E-state index is 11.5. The van der Waals surface area contributed by atoms with E-state index >= 15 is 0 Å². The van der Waals surface area contributed by atoms with Crippen LogP contribution in [0.1, 0.15) is 25.0 Å². The Morgan fingerprint density at radius 2 is 2.32 bits per heavy atom. The van der Waals surface area contributed by atoms with Crippen LogP contribution in [0.3, 0.4) is 0 Å². The third-order valence-corrected chi connectivity index (χ3v) is 4.45. The first-order chi connectivity index (χ1) is 9.14. The van der Waals surface area contributed by atoms with E-state index in [0.29, 0.717) is 5.69 Å². The fourth-order valence-electron chi connectivity index (χ4n) is 2.96. The van der Waals surface area contributed by atoms with Crippen molar-refractivity contribution >= 4 is 22.7 Å². The number of nitriles is 1. The number of carbonyl (C=O) groups excluding carboxylic acids is 1.